The SMILES string of the molecule is Cc1ncnc2c1c(C#Cc1ccc(F)cc1)cn2[C@@H]1O[C@H](CO)[C@@H](O)[C@@]1(C)F. The molecule has 1 aromatic carbocycles. The highest BCUT2D eigenvalue weighted by Crippen LogP contribution is 2.43. The lowest BCUT2D eigenvalue weighted by molar-refractivity contribution is -0.0564. The zero-order valence-electron chi connectivity index (χ0n) is 15.8. The summed E-state index contributed by atoms with van der Waals surface area (Å²) in [5.41, 5.74) is 0.0594. The van der Waals surface area contributed by atoms with Crippen molar-refractivity contribution in [3.8, 4) is 11.8 Å². The highest BCUT2D eigenvalue weighted by atomic mass is 19.1. The highest BCUT2D eigenvalue weighted by molar-refractivity contribution is 5.86. The summed E-state index contributed by atoms with van der Waals surface area (Å²) in [6.45, 7) is 2.50. The van der Waals surface area contributed by atoms with Crippen LogP contribution in [0.15, 0.2) is 36.8 Å². The molecule has 2 N–H and O–H groups in total. The van der Waals surface area contributed by atoms with Crippen molar-refractivity contribution >= 4 is 11.0 Å². The van der Waals surface area contributed by atoms with Gasteiger partial charge in [-0.25, -0.2) is 18.7 Å². The van der Waals surface area contributed by atoms with Gasteiger partial charge in [-0.3, -0.25) is 0 Å². The van der Waals surface area contributed by atoms with Crippen LogP contribution in [-0.4, -0.2) is 49.2 Å². The van der Waals surface area contributed by atoms with E-state index in [1.165, 1.54) is 30.0 Å². The van der Waals surface area contributed by atoms with Crippen LogP contribution in [0.25, 0.3) is 11.0 Å². The summed E-state index contributed by atoms with van der Waals surface area (Å²) in [5, 5.41) is 20.2. The van der Waals surface area contributed by atoms with Gasteiger partial charge in [-0.2, -0.15) is 0 Å². The third kappa shape index (κ3) is 3.27. The molecule has 2 aromatic heterocycles. The van der Waals surface area contributed by atoms with Crippen molar-refractivity contribution in [3.05, 3.63) is 59.4 Å². The van der Waals surface area contributed by atoms with Crippen LogP contribution in [-0.2, 0) is 4.74 Å². The first kappa shape index (κ1) is 19.5. The number of halogens is 2. The smallest absolute Gasteiger partial charge is 0.181 e. The molecule has 3 heterocycles. The molecule has 1 saturated heterocycles. The summed E-state index contributed by atoms with van der Waals surface area (Å²) in [4.78, 5) is 8.45. The van der Waals surface area contributed by atoms with Gasteiger partial charge in [0.25, 0.3) is 0 Å². The van der Waals surface area contributed by atoms with Gasteiger partial charge in [-0.15, -0.1) is 0 Å². The van der Waals surface area contributed by atoms with Crippen molar-refractivity contribution in [2.75, 3.05) is 6.61 Å². The molecule has 1 aliphatic rings. The Morgan fingerprint density at radius 2 is 1.97 bits per heavy atom. The van der Waals surface area contributed by atoms with Crippen molar-refractivity contribution in [1.29, 1.82) is 0 Å². The third-order valence-electron chi connectivity index (χ3n) is 5.13. The average molecular weight is 399 g/mol. The van der Waals surface area contributed by atoms with E-state index in [9.17, 15) is 14.6 Å². The van der Waals surface area contributed by atoms with Crippen LogP contribution in [0.4, 0.5) is 8.78 Å². The second-order valence-corrected chi connectivity index (χ2v) is 7.17. The van der Waals surface area contributed by atoms with Crippen LogP contribution in [0.1, 0.15) is 30.0 Å². The van der Waals surface area contributed by atoms with Gasteiger partial charge in [0.2, 0.25) is 0 Å². The minimum atomic E-state index is -2.15. The van der Waals surface area contributed by atoms with Gasteiger partial charge in [0.1, 0.15) is 30.0 Å². The maximum atomic E-state index is 15.3. The second kappa shape index (κ2) is 7.19. The van der Waals surface area contributed by atoms with Gasteiger partial charge in [-0.05, 0) is 38.1 Å². The Kier molecular flexibility index (Phi) is 4.82. The predicted molar refractivity (Wildman–Crippen MR) is 101 cm³/mol. The zero-order valence-corrected chi connectivity index (χ0v) is 15.8. The lowest BCUT2D eigenvalue weighted by atomic mass is 9.98. The first-order valence-corrected chi connectivity index (χ1v) is 9.06. The lowest BCUT2D eigenvalue weighted by Crippen LogP contribution is -2.40. The molecule has 4 atom stereocenters. The molecule has 29 heavy (non-hydrogen) atoms. The molecule has 0 amide bonds. The van der Waals surface area contributed by atoms with Crippen LogP contribution < -0.4 is 0 Å². The van der Waals surface area contributed by atoms with Gasteiger partial charge in [0.15, 0.2) is 11.9 Å². The van der Waals surface area contributed by atoms with Crippen molar-refractivity contribution < 1.29 is 23.7 Å². The van der Waals surface area contributed by atoms with Crippen LogP contribution in [0.5, 0.6) is 0 Å². The van der Waals surface area contributed by atoms with Crippen LogP contribution >= 0.6 is 0 Å². The maximum Gasteiger partial charge on any atom is 0.181 e. The van der Waals surface area contributed by atoms with E-state index < -0.39 is 30.7 Å². The summed E-state index contributed by atoms with van der Waals surface area (Å²) in [6.07, 6.45) is -0.795. The van der Waals surface area contributed by atoms with Gasteiger partial charge in [-0.1, -0.05) is 11.8 Å². The average Bonchev–Trinajstić information content (AvgIpc) is 3.17. The Labute approximate surface area is 165 Å². The Balaban J connectivity index is 1.84. The van der Waals surface area contributed by atoms with Gasteiger partial charge in [0, 0.05) is 11.8 Å². The first-order valence-electron chi connectivity index (χ1n) is 9.06. The predicted octanol–water partition coefficient (Wildman–Crippen LogP) is 2.26. The summed E-state index contributed by atoms with van der Waals surface area (Å²) < 4.78 is 35.5. The van der Waals surface area contributed by atoms with Crippen molar-refractivity contribution in [2.45, 2.75) is 38.0 Å². The maximum absolute atomic E-state index is 15.3. The van der Waals surface area contributed by atoms with E-state index in [0.29, 0.717) is 27.9 Å². The molecule has 4 rings (SSSR count). The second-order valence-electron chi connectivity index (χ2n) is 7.17. The van der Waals surface area contributed by atoms with Gasteiger partial charge >= 0.3 is 0 Å². The summed E-state index contributed by atoms with van der Waals surface area (Å²) in [5.74, 6) is 5.61. The number of ether oxygens (including phenoxy) is 1. The number of aryl methyl sites for hydroxylation is 1. The number of hydrogen-bond acceptors (Lipinski definition) is 5. The van der Waals surface area contributed by atoms with Crippen LogP contribution in [0.2, 0.25) is 0 Å². The normalized spacial score (nSPS) is 26.5. The summed E-state index contributed by atoms with van der Waals surface area (Å²) in [6, 6.07) is 5.76. The number of aromatic nitrogens is 3. The molecular weight excluding hydrogens is 380 g/mol. The molecule has 0 radical (unpaired) electrons. The molecule has 1 fully saturated rings. The monoisotopic (exact) mass is 399 g/mol. The number of benzene rings is 1. The molecule has 0 unspecified atom stereocenters. The number of aliphatic hydroxyl groups excluding tert-OH is 2. The fraction of sp³-hybridized carbons (Fsp3) is 0.333. The molecule has 0 aliphatic carbocycles. The van der Waals surface area contributed by atoms with E-state index in [2.05, 4.69) is 21.8 Å². The molecule has 0 spiro atoms. The van der Waals surface area contributed by atoms with E-state index in [1.54, 1.807) is 25.3 Å². The number of fused-ring (bicyclic) bond motifs is 1. The van der Waals surface area contributed by atoms with Crippen molar-refractivity contribution in [1.82, 2.24) is 14.5 Å². The summed E-state index contributed by atoms with van der Waals surface area (Å²) in [7, 11) is 0. The molecule has 1 aliphatic heterocycles. The Bertz CT molecular complexity index is 1120. The minimum absolute atomic E-state index is 0.353. The molecule has 8 heteroatoms. The van der Waals surface area contributed by atoms with E-state index >= 15 is 4.39 Å². The topological polar surface area (TPSA) is 80.4 Å². The number of alkyl halides is 1. The number of nitrogens with zero attached hydrogens (tertiary/aromatic N) is 3. The molecule has 3 aromatic rings. The molecular formula is C21H19F2N3O3. The van der Waals surface area contributed by atoms with Crippen molar-refractivity contribution in [3.63, 3.8) is 0 Å². The van der Waals surface area contributed by atoms with E-state index in [4.69, 9.17) is 4.74 Å². The van der Waals surface area contributed by atoms with Gasteiger partial charge < -0.3 is 19.5 Å². The third-order valence-corrected chi connectivity index (χ3v) is 5.13. The molecule has 0 bridgehead atoms. The summed E-state index contributed by atoms with van der Waals surface area (Å²) >= 11 is 0. The van der Waals surface area contributed by atoms with E-state index in [0.717, 1.165) is 0 Å². The highest BCUT2D eigenvalue weighted by Gasteiger charge is 2.55. The van der Waals surface area contributed by atoms with Crippen LogP contribution in [0.3, 0.4) is 0 Å². The van der Waals surface area contributed by atoms with Crippen LogP contribution in [0, 0.1) is 24.6 Å². The quantitative estimate of drug-likeness (QED) is 0.646. The number of aliphatic hydroxyl groups is 2. The fourth-order valence-corrected chi connectivity index (χ4v) is 3.55. The standard InChI is InChI=1S/C21H19F2N3O3/c1-12-17-14(6-3-13-4-7-15(22)8-5-13)9-26(19(17)25-11-24-12)20-21(2,23)18(28)16(10-27)29-20/h4-5,7-9,11,16,18,20,27-28H,10H2,1-2H3/t16-,18-,20-,21-/m1/s1. The molecule has 6 nitrogen and oxygen atoms in total. The van der Waals surface area contributed by atoms with E-state index in [-0.39, 0.29) is 5.82 Å². The minimum Gasteiger partial charge on any atom is -0.394 e. The van der Waals surface area contributed by atoms with Gasteiger partial charge in [0.05, 0.1) is 23.3 Å². The number of hydrogen-bond donors (Lipinski definition) is 2. The number of rotatable bonds is 2. The first-order chi connectivity index (χ1) is 13.8. The fourth-order valence-electron chi connectivity index (χ4n) is 3.55. The largest absolute Gasteiger partial charge is 0.394 e. The Morgan fingerprint density at radius 3 is 2.62 bits per heavy atom. The lowest BCUT2D eigenvalue weighted by Gasteiger charge is -2.25. The Morgan fingerprint density at radius 1 is 1.24 bits per heavy atom. The zero-order chi connectivity index (χ0) is 20.8. The molecule has 150 valence electrons. The van der Waals surface area contributed by atoms with Crippen molar-refractivity contribution in [2.24, 2.45) is 0 Å². The molecule has 0 saturated carbocycles. The Hall–Kier alpha value is -2.86. The van der Waals surface area contributed by atoms with E-state index in [1.807, 2.05) is 0 Å².